The summed E-state index contributed by atoms with van der Waals surface area (Å²) >= 11 is 0. The van der Waals surface area contributed by atoms with Gasteiger partial charge in [-0.15, -0.1) is 0 Å². The smallest absolute Gasteiger partial charge is 0.240 e. The molecule has 7 nitrogen and oxygen atoms in total. The van der Waals surface area contributed by atoms with Crippen LogP contribution in [0.1, 0.15) is 36.0 Å². The normalized spacial score (nSPS) is 14.4. The number of sulfonamides is 1. The summed E-state index contributed by atoms with van der Waals surface area (Å²) in [6.07, 6.45) is 3.77. The van der Waals surface area contributed by atoms with Crippen molar-refractivity contribution in [2.75, 3.05) is 6.26 Å². The van der Waals surface area contributed by atoms with Gasteiger partial charge in [-0.3, -0.25) is 4.79 Å². The van der Waals surface area contributed by atoms with E-state index in [0.29, 0.717) is 24.9 Å². The molecule has 1 aliphatic rings. The molecule has 2 aromatic rings. The summed E-state index contributed by atoms with van der Waals surface area (Å²) in [6.45, 7) is 0.363. The van der Waals surface area contributed by atoms with E-state index >= 15 is 0 Å². The molecule has 0 spiro atoms. The highest BCUT2D eigenvalue weighted by molar-refractivity contribution is 7.90. The van der Waals surface area contributed by atoms with Crippen LogP contribution in [0, 0.1) is 0 Å². The first kappa shape index (κ1) is 22.5. The van der Waals surface area contributed by atoms with Gasteiger partial charge in [0.1, 0.15) is 0 Å². The molecule has 0 heterocycles. The number of amides is 1. The fourth-order valence-electron chi connectivity index (χ4n) is 2.93. The minimum atomic E-state index is -3.46. The van der Waals surface area contributed by atoms with Gasteiger partial charge in [0.05, 0.1) is 10.6 Å². The SMILES string of the molecule is CS(=O)(=O)Cc1ccc(CNC(=O)CCc2ccc(S(=O)(=O)NC3CC3)cc2)cc1. The molecule has 0 aromatic heterocycles. The third kappa shape index (κ3) is 7.23. The van der Waals surface area contributed by atoms with Crippen molar-refractivity contribution in [3.8, 4) is 0 Å². The Morgan fingerprint density at radius 1 is 0.900 bits per heavy atom. The van der Waals surface area contributed by atoms with Crippen LogP contribution in [-0.2, 0) is 43.4 Å². The summed E-state index contributed by atoms with van der Waals surface area (Å²) in [5, 5.41) is 2.84. The second kappa shape index (κ2) is 9.28. The lowest BCUT2D eigenvalue weighted by atomic mass is 10.1. The highest BCUT2D eigenvalue weighted by Crippen LogP contribution is 2.22. The molecular weight excluding hydrogens is 424 g/mol. The van der Waals surface area contributed by atoms with Crippen molar-refractivity contribution in [2.24, 2.45) is 0 Å². The molecular formula is C21H26N2O5S2. The van der Waals surface area contributed by atoms with Gasteiger partial charge in [-0.25, -0.2) is 21.6 Å². The van der Waals surface area contributed by atoms with Crippen molar-refractivity contribution < 1.29 is 21.6 Å². The van der Waals surface area contributed by atoms with Gasteiger partial charge >= 0.3 is 0 Å². The fourth-order valence-corrected chi connectivity index (χ4v) is 5.03. The van der Waals surface area contributed by atoms with Gasteiger partial charge in [0.25, 0.3) is 0 Å². The average Bonchev–Trinajstić information content (AvgIpc) is 3.48. The number of hydrogen-bond donors (Lipinski definition) is 2. The predicted octanol–water partition coefficient (Wildman–Crippen LogP) is 1.92. The number of sulfone groups is 1. The second-order valence-corrected chi connectivity index (χ2v) is 11.6. The minimum absolute atomic E-state index is 0.00360. The van der Waals surface area contributed by atoms with Crippen LogP contribution in [0.3, 0.4) is 0 Å². The zero-order valence-electron chi connectivity index (χ0n) is 16.8. The number of aryl methyl sites for hydroxylation is 1. The Kier molecular flexibility index (Phi) is 6.95. The Labute approximate surface area is 177 Å². The quantitative estimate of drug-likeness (QED) is 0.575. The highest BCUT2D eigenvalue weighted by atomic mass is 32.2. The van der Waals surface area contributed by atoms with Gasteiger partial charge in [-0.2, -0.15) is 0 Å². The minimum Gasteiger partial charge on any atom is -0.352 e. The first-order valence-electron chi connectivity index (χ1n) is 9.74. The lowest BCUT2D eigenvalue weighted by molar-refractivity contribution is -0.121. The molecule has 0 saturated heterocycles. The van der Waals surface area contributed by atoms with Crippen LogP contribution in [0.2, 0.25) is 0 Å². The van der Waals surface area contributed by atoms with E-state index in [1.54, 1.807) is 48.5 Å². The second-order valence-electron chi connectivity index (χ2n) is 7.70. The summed E-state index contributed by atoms with van der Waals surface area (Å²) in [7, 11) is -6.53. The summed E-state index contributed by atoms with van der Waals surface area (Å²) in [4.78, 5) is 12.3. The summed E-state index contributed by atoms with van der Waals surface area (Å²) in [5.41, 5.74) is 2.49. The number of carbonyl (C=O) groups is 1. The Bertz CT molecular complexity index is 1090. The van der Waals surface area contributed by atoms with E-state index in [-0.39, 0.29) is 22.6 Å². The summed E-state index contributed by atoms with van der Waals surface area (Å²) < 4.78 is 49.6. The van der Waals surface area contributed by atoms with E-state index in [4.69, 9.17) is 0 Å². The van der Waals surface area contributed by atoms with Crippen molar-refractivity contribution in [2.45, 2.75) is 48.9 Å². The van der Waals surface area contributed by atoms with Crippen LogP contribution in [0.15, 0.2) is 53.4 Å². The van der Waals surface area contributed by atoms with E-state index in [0.717, 1.165) is 24.0 Å². The molecule has 30 heavy (non-hydrogen) atoms. The van der Waals surface area contributed by atoms with Gasteiger partial charge in [0.15, 0.2) is 9.84 Å². The van der Waals surface area contributed by atoms with Crippen LogP contribution in [0.4, 0.5) is 0 Å². The topological polar surface area (TPSA) is 109 Å². The van der Waals surface area contributed by atoms with Crippen LogP contribution >= 0.6 is 0 Å². The van der Waals surface area contributed by atoms with Crippen LogP contribution in [-0.4, -0.2) is 35.0 Å². The Hall–Kier alpha value is -2.23. The largest absolute Gasteiger partial charge is 0.352 e. The number of carbonyl (C=O) groups excluding carboxylic acids is 1. The first-order chi connectivity index (χ1) is 14.1. The van der Waals surface area contributed by atoms with Crippen molar-refractivity contribution in [3.63, 3.8) is 0 Å². The van der Waals surface area contributed by atoms with E-state index in [1.807, 2.05) is 0 Å². The molecule has 162 valence electrons. The molecule has 0 radical (unpaired) electrons. The predicted molar refractivity (Wildman–Crippen MR) is 115 cm³/mol. The van der Waals surface area contributed by atoms with Gasteiger partial charge in [0.2, 0.25) is 15.9 Å². The summed E-state index contributed by atoms with van der Waals surface area (Å²) in [5.74, 6) is -0.113. The monoisotopic (exact) mass is 450 g/mol. The van der Waals surface area contributed by atoms with E-state index in [1.165, 1.54) is 6.26 Å². The highest BCUT2D eigenvalue weighted by Gasteiger charge is 2.27. The third-order valence-corrected chi connectivity index (χ3v) is 7.11. The van der Waals surface area contributed by atoms with Crippen LogP contribution < -0.4 is 10.0 Å². The molecule has 0 unspecified atom stereocenters. The molecule has 0 aliphatic heterocycles. The van der Waals surface area contributed by atoms with Gasteiger partial charge in [0, 0.05) is 25.3 Å². The molecule has 2 aromatic carbocycles. The molecule has 0 atom stereocenters. The number of rotatable bonds is 10. The maximum Gasteiger partial charge on any atom is 0.240 e. The Morgan fingerprint density at radius 2 is 1.47 bits per heavy atom. The molecule has 2 N–H and O–H groups in total. The average molecular weight is 451 g/mol. The maximum absolute atomic E-state index is 12.2. The van der Waals surface area contributed by atoms with Crippen molar-refractivity contribution in [3.05, 3.63) is 65.2 Å². The number of benzene rings is 2. The van der Waals surface area contributed by atoms with Gasteiger partial charge in [-0.05, 0) is 48.1 Å². The molecule has 9 heteroatoms. The molecule has 3 rings (SSSR count). The fraction of sp³-hybridized carbons (Fsp3) is 0.381. The third-order valence-electron chi connectivity index (χ3n) is 4.72. The van der Waals surface area contributed by atoms with Crippen LogP contribution in [0.25, 0.3) is 0 Å². The van der Waals surface area contributed by atoms with E-state index in [9.17, 15) is 21.6 Å². The maximum atomic E-state index is 12.2. The molecule has 0 bridgehead atoms. The first-order valence-corrected chi connectivity index (χ1v) is 13.3. The molecule has 1 aliphatic carbocycles. The van der Waals surface area contributed by atoms with Crippen molar-refractivity contribution in [1.82, 2.24) is 10.0 Å². The Morgan fingerprint density at radius 3 is 2.03 bits per heavy atom. The van der Waals surface area contributed by atoms with E-state index < -0.39 is 19.9 Å². The number of hydrogen-bond acceptors (Lipinski definition) is 5. The van der Waals surface area contributed by atoms with Crippen LogP contribution in [0.5, 0.6) is 0 Å². The van der Waals surface area contributed by atoms with Crippen molar-refractivity contribution in [1.29, 1.82) is 0 Å². The summed E-state index contributed by atoms with van der Waals surface area (Å²) in [6, 6.07) is 13.8. The lowest BCUT2D eigenvalue weighted by Gasteiger charge is -2.08. The molecule has 1 fully saturated rings. The van der Waals surface area contributed by atoms with Gasteiger partial charge in [-0.1, -0.05) is 36.4 Å². The zero-order valence-corrected chi connectivity index (χ0v) is 18.4. The molecule has 1 amide bonds. The lowest BCUT2D eigenvalue weighted by Crippen LogP contribution is -2.25. The molecule has 1 saturated carbocycles. The Balaban J connectivity index is 1.44. The standard InChI is InChI=1S/C21H26N2O5S2/c1-29(25,26)15-18-4-2-17(3-5-18)14-22-21(24)13-8-16-6-11-20(12-7-16)30(27,28)23-19-9-10-19/h2-7,11-12,19,23H,8-10,13-15H2,1H3,(H,22,24). The number of nitrogens with one attached hydrogen (secondary N) is 2. The van der Waals surface area contributed by atoms with Gasteiger partial charge < -0.3 is 5.32 Å². The van der Waals surface area contributed by atoms with Crippen molar-refractivity contribution >= 4 is 25.8 Å². The van der Waals surface area contributed by atoms with E-state index in [2.05, 4.69) is 10.0 Å². The zero-order chi connectivity index (χ0) is 21.8.